The summed E-state index contributed by atoms with van der Waals surface area (Å²) in [7, 11) is 0. The molecule has 0 saturated heterocycles. The van der Waals surface area contributed by atoms with Gasteiger partial charge in [0.05, 0.1) is 11.3 Å². The highest BCUT2D eigenvalue weighted by Crippen LogP contribution is 2.39. The molecule has 1 fully saturated rings. The highest BCUT2D eigenvalue weighted by molar-refractivity contribution is 6.33. The minimum atomic E-state index is -0.920. The first-order valence-electron chi connectivity index (χ1n) is 13.9. The van der Waals surface area contributed by atoms with E-state index in [-0.39, 0.29) is 34.1 Å². The largest absolute Gasteiger partial charge is 0.618 e. The van der Waals surface area contributed by atoms with Crippen molar-refractivity contribution in [2.75, 3.05) is 17.2 Å². The van der Waals surface area contributed by atoms with Gasteiger partial charge in [0.25, 0.3) is 0 Å². The van der Waals surface area contributed by atoms with Crippen LogP contribution in [-0.2, 0) is 19.1 Å². The molecule has 232 valence electrons. The number of amides is 2. The van der Waals surface area contributed by atoms with E-state index in [0.717, 1.165) is 12.8 Å². The van der Waals surface area contributed by atoms with Crippen molar-refractivity contribution in [3.05, 3.63) is 75.3 Å². The number of pyridine rings is 2. The number of carbonyl (C=O) groups excluding carboxylic acids is 4. The lowest BCUT2D eigenvalue weighted by Gasteiger charge is -2.20. The molecule has 13 heteroatoms. The summed E-state index contributed by atoms with van der Waals surface area (Å²) in [6.45, 7) is 5.93. The van der Waals surface area contributed by atoms with Crippen LogP contribution in [-0.4, -0.2) is 40.9 Å². The van der Waals surface area contributed by atoms with E-state index in [1.54, 1.807) is 45.0 Å². The minimum Gasteiger partial charge on any atom is -0.618 e. The Morgan fingerprint density at radius 2 is 1.80 bits per heavy atom. The highest BCUT2D eigenvalue weighted by Gasteiger charge is 2.36. The number of hydrogen-bond acceptors (Lipinski definition) is 8. The quantitative estimate of drug-likeness (QED) is 0.0859. The van der Waals surface area contributed by atoms with Gasteiger partial charge in [-0.15, -0.1) is 0 Å². The van der Waals surface area contributed by atoms with E-state index in [9.17, 15) is 24.4 Å². The number of nitrogens with one attached hydrogen (secondary N) is 2. The fourth-order valence-electron chi connectivity index (χ4n) is 4.43. The molecule has 4 rings (SSSR count). The summed E-state index contributed by atoms with van der Waals surface area (Å²) in [4.78, 5) is 53.6. The first-order valence-corrected chi connectivity index (χ1v) is 14.6. The number of anilines is 2. The molecule has 0 spiro atoms. The molecule has 1 unspecified atom stereocenters. The van der Waals surface area contributed by atoms with Crippen LogP contribution < -0.4 is 15.4 Å². The fraction of sp³-hybridized carbons (Fsp3) is 0.355. The van der Waals surface area contributed by atoms with Gasteiger partial charge in [-0.25, -0.2) is 9.78 Å². The first kappa shape index (κ1) is 32.7. The first-order chi connectivity index (χ1) is 20.7. The van der Waals surface area contributed by atoms with E-state index in [0.29, 0.717) is 33.0 Å². The molecule has 1 atom stereocenters. The van der Waals surface area contributed by atoms with Crippen molar-refractivity contribution < 1.29 is 33.4 Å². The second kappa shape index (κ2) is 13.6. The zero-order valence-corrected chi connectivity index (χ0v) is 26.1. The molecule has 2 aromatic heterocycles. The van der Waals surface area contributed by atoms with Crippen LogP contribution in [0.3, 0.4) is 0 Å². The summed E-state index contributed by atoms with van der Waals surface area (Å²) in [5.74, 6) is -2.16. The Hall–Kier alpha value is -4.22. The average Bonchev–Trinajstić information content (AvgIpc) is 3.74. The number of hydrogen-bond donors (Lipinski definition) is 2. The number of benzene rings is 1. The summed E-state index contributed by atoms with van der Waals surface area (Å²) in [5.41, 5.74) is 0.752. The number of halogens is 2. The van der Waals surface area contributed by atoms with Crippen molar-refractivity contribution in [3.63, 3.8) is 0 Å². The molecular weight excluding hydrogens is 611 g/mol. The summed E-state index contributed by atoms with van der Waals surface area (Å²) in [6, 6.07) is 10.8. The predicted octanol–water partition coefficient (Wildman–Crippen LogP) is 6.30. The second-order valence-electron chi connectivity index (χ2n) is 11.5. The molecule has 3 aromatic rings. The maximum Gasteiger partial charge on any atom is 0.412 e. The number of ketones is 1. The second-order valence-corrected chi connectivity index (χ2v) is 12.3. The molecule has 1 saturated carbocycles. The Morgan fingerprint density at radius 3 is 2.41 bits per heavy atom. The maximum absolute atomic E-state index is 13.3. The summed E-state index contributed by atoms with van der Waals surface area (Å²) in [6.07, 6.45) is 2.84. The molecule has 1 aromatic carbocycles. The summed E-state index contributed by atoms with van der Waals surface area (Å²) >= 11 is 12.3. The van der Waals surface area contributed by atoms with Gasteiger partial charge in [0, 0.05) is 29.1 Å². The van der Waals surface area contributed by atoms with Crippen LogP contribution in [0.4, 0.5) is 16.3 Å². The minimum absolute atomic E-state index is 0.0212. The number of nitrogens with zero attached hydrogens (tertiary/aromatic N) is 2. The predicted molar refractivity (Wildman–Crippen MR) is 165 cm³/mol. The topological polar surface area (TPSA) is 151 Å². The van der Waals surface area contributed by atoms with Crippen LogP contribution in [0.5, 0.6) is 0 Å². The van der Waals surface area contributed by atoms with Crippen molar-refractivity contribution in [3.8, 4) is 11.1 Å². The smallest absolute Gasteiger partial charge is 0.412 e. The van der Waals surface area contributed by atoms with E-state index in [2.05, 4.69) is 15.6 Å². The molecule has 1 aliphatic carbocycles. The van der Waals surface area contributed by atoms with Gasteiger partial charge in [-0.05, 0) is 69.5 Å². The summed E-state index contributed by atoms with van der Waals surface area (Å²) in [5, 5.41) is 18.7. The standard InChI is InChI=1S/C31H32Cl2N4O7/c1-17(38)34-27-12-9-21(28(33)36-27)26(39)16-43-29(40)23(13-18-5-6-18)25-11-7-19(15-37(25)42)22-14-20(32)8-10-24(22)35-30(41)44-31(2,3)4/h7-12,14-15,18,23H,5-6,13,16H2,1-4H3,(H,35,41)(H,34,36,38). The van der Waals surface area contributed by atoms with E-state index in [1.807, 2.05) is 0 Å². The molecule has 11 nitrogen and oxygen atoms in total. The molecule has 2 amide bonds. The Bertz CT molecular complexity index is 1600. The molecule has 0 aliphatic heterocycles. The Balaban J connectivity index is 1.52. The number of aromatic nitrogens is 2. The van der Waals surface area contributed by atoms with Crippen LogP contribution >= 0.6 is 23.2 Å². The number of rotatable bonds is 10. The van der Waals surface area contributed by atoms with Gasteiger partial charge in [-0.2, -0.15) is 4.73 Å². The number of Topliss-reactive ketones (excluding diaryl/α,β-unsaturated/α-hetero) is 1. The van der Waals surface area contributed by atoms with Crippen molar-refractivity contribution in [1.82, 2.24) is 4.98 Å². The van der Waals surface area contributed by atoms with E-state index < -0.39 is 36.0 Å². The molecule has 1 aliphatic rings. The third kappa shape index (κ3) is 8.90. The lowest BCUT2D eigenvalue weighted by atomic mass is 9.96. The molecule has 2 N–H and O–H groups in total. The monoisotopic (exact) mass is 642 g/mol. The Morgan fingerprint density at radius 1 is 1.07 bits per heavy atom. The van der Waals surface area contributed by atoms with E-state index in [4.69, 9.17) is 32.7 Å². The van der Waals surface area contributed by atoms with Crippen molar-refractivity contribution in [1.29, 1.82) is 0 Å². The Labute approximate surface area is 264 Å². The molecule has 44 heavy (non-hydrogen) atoms. The lowest BCUT2D eigenvalue weighted by molar-refractivity contribution is -0.614. The van der Waals surface area contributed by atoms with Crippen LogP contribution in [0, 0.1) is 11.1 Å². The summed E-state index contributed by atoms with van der Waals surface area (Å²) < 4.78 is 11.3. The Kier molecular flexibility index (Phi) is 10.1. The van der Waals surface area contributed by atoms with Gasteiger partial charge in [0.15, 0.2) is 12.8 Å². The van der Waals surface area contributed by atoms with E-state index in [1.165, 1.54) is 31.3 Å². The van der Waals surface area contributed by atoms with Crippen LogP contribution in [0.25, 0.3) is 11.1 Å². The van der Waals surface area contributed by atoms with Gasteiger partial charge in [0.1, 0.15) is 22.5 Å². The molecule has 0 bridgehead atoms. The van der Waals surface area contributed by atoms with Gasteiger partial charge in [-0.1, -0.05) is 36.0 Å². The highest BCUT2D eigenvalue weighted by atomic mass is 35.5. The van der Waals surface area contributed by atoms with Crippen LogP contribution in [0.1, 0.15) is 68.9 Å². The SMILES string of the molecule is CC(=O)Nc1ccc(C(=O)COC(=O)C(CC2CC2)c2ccc(-c3cc(Cl)ccc3NC(=O)OC(C)(C)C)c[n+]2[O-])c(Cl)n1. The third-order valence-electron chi connectivity index (χ3n) is 6.58. The molecular formula is C31H32Cl2N4O7. The fourth-order valence-corrected chi connectivity index (χ4v) is 4.86. The molecule has 0 radical (unpaired) electrons. The van der Waals surface area contributed by atoms with Crippen molar-refractivity contribution in [2.45, 2.75) is 58.5 Å². The van der Waals surface area contributed by atoms with Crippen molar-refractivity contribution in [2.24, 2.45) is 5.92 Å². The zero-order valence-electron chi connectivity index (χ0n) is 24.6. The van der Waals surface area contributed by atoms with Crippen LogP contribution in [0.15, 0.2) is 48.7 Å². The third-order valence-corrected chi connectivity index (χ3v) is 7.10. The van der Waals surface area contributed by atoms with E-state index >= 15 is 0 Å². The van der Waals surface area contributed by atoms with Crippen LogP contribution in [0.2, 0.25) is 10.2 Å². The number of ether oxygens (including phenoxy) is 2. The van der Waals surface area contributed by atoms with Gasteiger partial charge in [0.2, 0.25) is 17.4 Å². The van der Waals surface area contributed by atoms with Gasteiger partial charge >= 0.3 is 12.1 Å². The number of carbonyl (C=O) groups is 4. The van der Waals surface area contributed by atoms with Crippen molar-refractivity contribution >= 4 is 58.5 Å². The normalized spacial score (nSPS) is 13.5. The lowest BCUT2D eigenvalue weighted by Crippen LogP contribution is -2.36. The molecule has 2 heterocycles. The number of esters is 1. The average molecular weight is 644 g/mol. The van der Waals surface area contributed by atoms with Gasteiger partial charge in [-0.3, -0.25) is 19.7 Å². The maximum atomic E-state index is 13.3. The van der Waals surface area contributed by atoms with Gasteiger partial charge < -0.3 is 20.0 Å². The zero-order chi connectivity index (χ0) is 32.2.